The Morgan fingerprint density at radius 3 is 2.68 bits per heavy atom. The fourth-order valence-electron chi connectivity index (χ4n) is 2.04. The number of carbonyl (C=O) groups excluding carboxylic acids is 1. The molecule has 4 nitrogen and oxygen atoms in total. The van der Waals surface area contributed by atoms with Gasteiger partial charge in [-0.2, -0.15) is 0 Å². The summed E-state index contributed by atoms with van der Waals surface area (Å²) in [4.78, 5) is 18.0. The zero-order valence-corrected chi connectivity index (χ0v) is 14.2. The van der Waals surface area contributed by atoms with Crippen molar-refractivity contribution in [1.29, 1.82) is 0 Å². The lowest BCUT2D eigenvalue weighted by Gasteiger charge is -2.19. The van der Waals surface area contributed by atoms with E-state index in [1.54, 1.807) is 18.0 Å². The van der Waals surface area contributed by atoms with E-state index in [2.05, 4.69) is 10.3 Å². The van der Waals surface area contributed by atoms with Crippen molar-refractivity contribution in [1.82, 2.24) is 4.98 Å². The number of amides is 1. The lowest BCUT2D eigenvalue weighted by atomic mass is 10.1. The van der Waals surface area contributed by atoms with Crippen molar-refractivity contribution < 1.29 is 4.79 Å². The molecule has 0 aliphatic carbocycles. The summed E-state index contributed by atoms with van der Waals surface area (Å²) < 4.78 is 0. The second-order valence-corrected chi connectivity index (χ2v) is 6.03. The topological polar surface area (TPSA) is 45.2 Å². The zero-order chi connectivity index (χ0) is 16.3. The average Bonchev–Trinajstić information content (AvgIpc) is 2.42. The van der Waals surface area contributed by atoms with Crippen molar-refractivity contribution in [2.24, 2.45) is 0 Å². The summed E-state index contributed by atoms with van der Waals surface area (Å²) in [5, 5.41) is 3.78. The number of aryl methyl sites for hydroxylation is 2. The first-order valence-electron chi connectivity index (χ1n) is 6.76. The molecule has 0 saturated carbocycles. The van der Waals surface area contributed by atoms with Gasteiger partial charge >= 0.3 is 0 Å². The number of nitrogens with zero attached hydrogens (tertiary/aromatic N) is 2. The summed E-state index contributed by atoms with van der Waals surface area (Å²) in [6.07, 6.45) is 1.50. The Hall–Kier alpha value is -1.78. The highest BCUT2D eigenvalue weighted by atomic mass is 35.5. The Kier molecular flexibility index (Phi) is 5.27. The van der Waals surface area contributed by atoms with Gasteiger partial charge in [0, 0.05) is 18.9 Å². The van der Waals surface area contributed by atoms with Crippen molar-refractivity contribution in [3.63, 3.8) is 0 Å². The van der Waals surface area contributed by atoms with Crippen molar-refractivity contribution in [2.45, 2.75) is 13.8 Å². The third kappa shape index (κ3) is 4.12. The first-order valence-corrected chi connectivity index (χ1v) is 7.51. The standard InChI is InChI=1S/C16H17Cl2N3O/c1-10-4-5-11(2)14(6-10)20-15(22)9-21(3)16-13(18)7-12(17)8-19-16/h4-8H,9H2,1-3H3,(H,20,22). The van der Waals surface area contributed by atoms with E-state index in [9.17, 15) is 4.79 Å². The fourth-order valence-corrected chi connectivity index (χ4v) is 2.56. The van der Waals surface area contributed by atoms with E-state index >= 15 is 0 Å². The average molecular weight is 338 g/mol. The second-order valence-electron chi connectivity index (χ2n) is 5.18. The molecule has 1 aromatic carbocycles. The van der Waals surface area contributed by atoms with Gasteiger partial charge in [0.05, 0.1) is 16.6 Å². The zero-order valence-electron chi connectivity index (χ0n) is 12.7. The highest BCUT2D eigenvalue weighted by Crippen LogP contribution is 2.25. The molecule has 1 aromatic heterocycles. The second kappa shape index (κ2) is 6.99. The van der Waals surface area contributed by atoms with Crippen LogP contribution in [-0.2, 0) is 4.79 Å². The molecule has 6 heteroatoms. The number of anilines is 2. The third-order valence-corrected chi connectivity index (χ3v) is 3.68. The predicted molar refractivity (Wildman–Crippen MR) is 92.1 cm³/mol. The van der Waals surface area contributed by atoms with Crippen molar-refractivity contribution in [3.05, 3.63) is 51.6 Å². The predicted octanol–water partition coefficient (Wildman–Crippen LogP) is 4.08. The first kappa shape index (κ1) is 16.6. The Bertz CT molecular complexity index is 704. The van der Waals surface area contributed by atoms with Crippen LogP contribution in [0.15, 0.2) is 30.5 Å². The molecule has 116 valence electrons. The van der Waals surface area contributed by atoms with E-state index in [-0.39, 0.29) is 12.5 Å². The monoisotopic (exact) mass is 337 g/mol. The number of pyridine rings is 1. The van der Waals surface area contributed by atoms with Crippen LogP contribution in [0.25, 0.3) is 0 Å². The SMILES string of the molecule is Cc1ccc(C)c(NC(=O)CN(C)c2ncc(Cl)cc2Cl)c1. The van der Waals surface area contributed by atoms with Crippen LogP contribution in [0.2, 0.25) is 10.0 Å². The van der Waals surface area contributed by atoms with Gasteiger partial charge in [-0.15, -0.1) is 0 Å². The molecular formula is C16H17Cl2N3O. The van der Waals surface area contributed by atoms with Crippen LogP contribution in [0.5, 0.6) is 0 Å². The van der Waals surface area contributed by atoms with Gasteiger partial charge in [0.1, 0.15) is 5.82 Å². The molecule has 0 saturated heterocycles. The minimum atomic E-state index is -0.135. The van der Waals surface area contributed by atoms with E-state index in [0.29, 0.717) is 15.9 Å². The minimum Gasteiger partial charge on any atom is -0.349 e. The van der Waals surface area contributed by atoms with Crippen LogP contribution in [-0.4, -0.2) is 24.5 Å². The Labute approximate surface area is 140 Å². The Morgan fingerprint density at radius 2 is 2.00 bits per heavy atom. The van der Waals surface area contributed by atoms with Crippen molar-refractivity contribution in [2.75, 3.05) is 23.8 Å². The number of likely N-dealkylation sites (N-methyl/N-ethyl adjacent to an activating group) is 1. The lowest BCUT2D eigenvalue weighted by Crippen LogP contribution is -2.31. The molecule has 2 rings (SSSR count). The van der Waals surface area contributed by atoms with E-state index in [1.165, 1.54) is 6.20 Å². The number of nitrogens with one attached hydrogen (secondary N) is 1. The molecule has 0 atom stereocenters. The molecule has 1 amide bonds. The van der Waals surface area contributed by atoms with Crippen molar-refractivity contribution in [3.8, 4) is 0 Å². The maximum Gasteiger partial charge on any atom is 0.243 e. The third-order valence-electron chi connectivity index (χ3n) is 3.20. The quantitative estimate of drug-likeness (QED) is 0.914. The number of carbonyl (C=O) groups is 1. The number of halogens is 2. The summed E-state index contributed by atoms with van der Waals surface area (Å²) in [6, 6.07) is 7.53. The molecule has 22 heavy (non-hydrogen) atoms. The molecule has 0 bridgehead atoms. The molecular weight excluding hydrogens is 321 g/mol. The summed E-state index contributed by atoms with van der Waals surface area (Å²) in [7, 11) is 1.75. The molecule has 1 heterocycles. The number of hydrogen-bond donors (Lipinski definition) is 1. The summed E-state index contributed by atoms with van der Waals surface area (Å²) in [6.45, 7) is 4.08. The number of hydrogen-bond acceptors (Lipinski definition) is 3. The normalized spacial score (nSPS) is 10.4. The molecule has 0 fully saturated rings. The molecule has 0 unspecified atom stereocenters. The van der Waals surface area contributed by atoms with E-state index in [4.69, 9.17) is 23.2 Å². The van der Waals surface area contributed by atoms with E-state index in [0.717, 1.165) is 16.8 Å². The maximum atomic E-state index is 12.2. The number of rotatable bonds is 4. The maximum absolute atomic E-state index is 12.2. The minimum absolute atomic E-state index is 0.135. The van der Waals surface area contributed by atoms with Crippen LogP contribution in [0.1, 0.15) is 11.1 Å². The summed E-state index contributed by atoms with van der Waals surface area (Å²) >= 11 is 11.9. The number of aromatic nitrogens is 1. The molecule has 0 aliphatic heterocycles. The van der Waals surface area contributed by atoms with Crippen LogP contribution < -0.4 is 10.2 Å². The van der Waals surface area contributed by atoms with Gasteiger partial charge < -0.3 is 10.2 Å². The van der Waals surface area contributed by atoms with Crippen LogP contribution in [0.4, 0.5) is 11.5 Å². The van der Waals surface area contributed by atoms with E-state index in [1.807, 2.05) is 32.0 Å². The Morgan fingerprint density at radius 1 is 1.27 bits per heavy atom. The first-order chi connectivity index (χ1) is 10.4. The van der Waals surface area contributed by atoms with Crippen molar-refractivity contribution >= 4 is 40.6 Å². The van der Waals surface area contributed by atoms with Crippen LogP contribution in [0.3, 0.4) is 0 Å². The highest BCUT2D eigenvalue weighted by Gasteiger charge is 2.13. The van der Waals surface area contributed by atoms with Gasteiger partial charge in [-0.1, -0.05) is 35.3 Å². The van der Waals surface area contributed by atoms with Gasteiger partial charge in [-0.05, 0) is 37.1 Å². The summed E-state index contributed by atoms with van der Waals surface area (Å²) in [5.41, 5.74) is 2.93. The van der Waals surface area contributed by atoms with Gasteiger partial charge in [-0.25, -0.2) is 4.98 Å². The fraction of sp³-hybridized carbons (Fsp3) is 0.250. The van der Waals surface area contributed by atoms with Gasteiger partial charge in [-0.3, -0.25) is 4.79 Å². The van der Waals surface area contributed by atoms with E-state index < -0.39 is 0 Å². The number of benzene rings is 1. The molecule has 1 N–H and O–H groups in total. The lowest BCUT2D eigenvalue weighted by molar-refractivity contribution is -0.114. The smallest absolute Gasteiger partial charge is 0.243 e. The van der Waals surface area contributed by atoms with Gasteiger partial charge in [0.15, 0.2) is 0 Å². The highest BCUT2D eigenvalue weighted by molar-refractivity contribution is 6.36. The largest absolute Gasteiger partial charge is 0.349 e. The molecule has 2 aromatic rings. The van der Waals surface area contributed by atoms with Crippen LogP contribution >= 0.6 is 23.2 Å². The summed E-state index contributed by atoms with van der Waals surface area (Å²) in [5.74, 6) is 0.381. The van der Waals surface area contributed by atoms with Crippen LogP contribution in [0, 0.1) is 13.8 Å². The van der Waals surface area contributed by atoms with Gasteiger partial charge in [0.25, 0.3) is 0 Å². The molecule has 0 spiro atoms. The molecule has 0 radical (unpaired) electrons. The Balaban J connectivity index is 2.06. The van der Waals surface area contributed by atoms with Gasteiger partial charge in [0.2, 0.25) is 5.91 Å². The molecule has 0 aliphatic rings.